The molecule has 1 N–H and O–H groups in total. The van der Waals surface area contributed by atoms with Crippen LogP contribution in [0.25, 0.3) is 6.08 Å². The van der Waals surface area contributed by atoms with Crippen molar-refractivity contribution in [2.75, 3.05) is 0 Å². The highest BCUT2D eigenvalue weighted by molar-refractivity contribution is 9.10. The summed E-state index contributed by atoms with van der Waals surface area (Å²) < 4.78 is 6.55. The van der Waals surface area contributed by atoms with Crippen LogP contribution in [0.5, 0.6) is 11.5 Å². The molecule has 0 spiro atoms. The number of hydrogen-bond donors (Lipinski definition) is 1. The van der Waals surface area contributed by atoms with E-state index in [1.54, 1.807) is 12.1 Å². The fourth-order valence-corrected chi connectivity index (χ4v) is 2.15. The first-order chi connectivity index (χ1) is 9.54. The summed E-state index contributed by atoms with van der Waals surface area (Å²) in [5, 5.41) is 8.60. The Labute approximate surface area is 125 Å². The van der Waals surface area contributed by atoms with Crippen molar-refractivity contribution in [2.24, 2.45) is 0 Å². The average molecular weight is 333 g/mol. The van der Waals surface area contributed by atoms with Gasteiger partial charge >= 0.3 is 5.97 Å². The molecule has 0 saturated heterocycles. The van der Waals surface area contributed by atoms with Crippen LogP contribution in [0.3, 0.4) is 0 Å². The molecule has 0 saturated carbocycles. The molecule has 0 aliphatic carbocycles. The first-order valence-corrected chi connectivity index (χ1v) is 6.79. The zero-order valence-electron chi connectivity index (χ0n) is 10.8. The monoisotopic (exact) mass is 332 g/mol. The van der Waals surface area contributed by atoms with Gasteiger partial charge in [-0.15, -0.1) is 0 Å². The molecule has 3 nitrogen and oxygen atoms in total. The van der Waals surface area contributed by atoms with Crippen LogP contribution in [0.1, 0.15) is 11.1 Å². The second-order valence-electron chi connectivity index (χ2n) is 4.28. The summed E-state index contributed by atoms with van der Waals surface area (Å²) in [5.41, 5.74) is 1.91. The highest BCUT2D eigenvalue weighted by Gasteiger charge is 2.03. The van der Waals surface area contributed by atoms with Crippen LogP contribution in [0, 0.1) is 6.92 Å². The Bertz CT molecular complexity index is 663. The number of carboxylic acids is 1. The minimum absolute atomic E-state index is 0.683. The Balaban J connectivity index is 2.20. The normalized spacial score (nSPS) is 10.7. The Hall–Kier alpha value is -2.07. The molecule has 0 amide bonds. The minimum Gasteiger partial charge on any atom is -0.478 e. The number of aliphatic carboxylic acids is 1. The van der Waals surface area contributed by atoms with E-state index in [2.05, 4.69) is 15.9 Å². The van der Waals surface area contributed by atoms with Gasteiger partial charge in [-0.2, -0.15) is 0 Å². The molecule has 2 rings (SSSR count). The second-order valence-corrected chi connectivity index (χ2v) is 5.13. The quantitative estimate of drug-likeness (QED) is 0.829. The van der Waals surface area contributed by atoms with E-state index in [-0.39, 0.29) is 0 Å². The Morgan fingerprint density at radius 2 is 2.05 bits per heavy atom. The minimum atomic E-state index is -0.971. The molecule has 0 bridgehead atoms. The molecule has 0 aromatic heterocycles. The maximum atomic E-state index is 10.5. The predicted octanol–water partition coefficient (Wildman–Crippen LogP) is 4.65. The molecular weight excluding hydrogens is 320 g/mol. The molecule has 0 unspecified atom stereocenters. The van der Waals surface area contributed by atoms with Crippen molar-refractivity contribution >= 4 is 28.0 Å². The standard InChI is InChI=1S/C16H13BrO3/c1-11-3-2-4-13(9-11)20-15-7-5-12(10-14(15)17)6-8-16(18)19/h2-10H,1H3,(H,18,19)/b8-6+. The topological polar surface area (TPSA) is 46.5 Å². The Morgan fingerprint density at radius 3 is 2.70 bits per heavy atom. The molecule has 4 heteroatoms. The number of carbonyl (C=O) groups is 1. The lowest BCUT2D eigenvalue weighted by molar-refractivity contribution is -0.131. The third-order valence-electron chi connectivity index (χ3n) is 2.59. The molecule has 2 aromatic rings. The number of aryl methyl sites for hydroxylation is 1. The van der Waals surface area contributed by atoms with Crippen molar-refractivity contribution < 1.29 is 14.6 Å². The van der Waals surface area contributed by atoms with E-state index in [9.17, 15) is 4.79 Å². The molecule has 0 aliphatic heterocycles. The van der Waals surface area contributed by atoms with E-state index < -0.39 is 5.97 Å². The summed E-state index contributed by atoms with van der Waals surface area (Å²) >= 11 is 3.42. The Kier molecular flexibility index (Phi) is 4.58. The van der Waals surface area contributed by atoms with Gasteiger partial charge in [-0.3, -0.25) is 0 Å². The molecule has 102 valence electrons. The zero-order chi connectivity index (χ0) is 14.5. The summed E-state index contributed by atoms with van der Waals surface area (Å²) in [5.74, 6) is 0.476. The number of benzene rings is 2. The lowest BCUT2D eigenvalue weighted by atomic mass is 10.2. The van der Waals surface area contributed by atoms with Crippen molar-refractivity contribution in [3.63, 3.8) is 0 Å². The molecule has 0 fully saturated rings. The Morgan fingerprint density at radius 1 is 1.25 bits per heavy atom. The number of rotatable bonds is 4. The molecule has 0 aliphatic rings. The number of ether oxygens (including phenoxy) is 1. The van der Waals surface area contributed by atoms with Gasteiger partial charge in [0.15, 0.2) is 0 Å². The molecular formula is C16H13BrO3. The van der Waals surface area contributed by atoms with Crippen molar-refractivity contribution in [1.29, 1.82) is 0 Å². The van der Waals surface area contributed by atoms with E-state index >= 15 is 0 Å². The van der Waals surface area contributed by atoms with Crippen LogP contribution >= 0.6 is 15.9 Å². The van der Waals surface area contributed by atoms with Crippen molar-refractivity contribution in [1.82, 2.24) is 0 Å². The number of carboxylic acid groups (broad SMARTS) is 1. The number of halogens is 1. The van der Waals surface area contributed by atoms with Gasteiger partial charge in [0, 0.05) is 6.08 Å². The molecule has 0 heterocycles. The SMILES string of the molecule is Cc1cccc(Oc2ccc(/C=C/C(=O)O)cc2Br)c1. The van der Waals surface area contributed by atoms with Gasteiger partial charge in [0.05, 0.1) is 4.47 Å². The lowest BCUT2D eigenvalue weighted by Gasteiger charge is -2.09. The number of hydrogen-bond acceptors (Lipinski definition) is 2. The molecule has 20 heavy (non-hydrogen) atoms. The maximum Gasteiger partial charge on any atom is 0.328 e. The van der Waals surface area contributed by atoms with E-state index in [0.717, 1.165) is 27.4 Å². The predicted molar refractivity (Wildman–Crippen MR) is 82.1 cm³/mol. The van der Waals surface area contributed by atoms with E-state index in [1.165, 1.54) is 6.08 Å². The van der Waals surface area contributed by atoms with Gasteiger partial charge in [-0.1, -0.05) is 18.2 Å². The summed E-state index contributed by atoms with van der Waals surface area (Å²) in [7, 11) is 0. The van der Waals surface area contributed by atoms with Gasteiger partial charge in [-0.25, -0.2) is 4.79 Å². The largest absolute Gasteiger partial charge is 0.478 e. The summed E-state index contributed by atoms with van der Waals surface area (Å²) in [6.45, 7) is 2.00. The van der Waals surface area contributed by atoms with Crippen LogP contribution in [0.2, 0.25) is 0 Å². The van der Waals surface area contributed by atoms with E-state index in [4.69, 9.17) is 9.84 Å². The first-order valence-electron chi connectivity index (χ1n) is 6.00. The van der Waals surface area contributed by atoms with E-state index in [0.29, 0.717) is 5.75 Å². The zero-order valence-corrected chi connectivity index (χ0v) is 12.4. The molecule has 0 radical (unpaired) electrons. The first kappa shape index (κ1) is 14.3. The van der Waals surface area contributed by atoms with Crippen LogP contribution < -0.4 is 4.74 Å². The third-order valence-corrected chi connectivity index (χ3v) is 3.21. The van der Waals surface area contributed by atoms with Gasteiger partial charge in [0.1, 0.15) is 11.5 Å². The summed E-state index contributed by atoms with van der Waals surface area (Å²) in [6.07, 6.45) is 2.63. The fourth-order valence-electron chi connectivity index (χ4n) is 1.68. The highest BCUT2D eigenvalue weighted by atomic mass is 79.9. The van der Waals surface area contributed by atoms with Crippen molar-refractivity contribution in [3.05, 3.63) is 64.1 Å². The average Bonchev–Trinajstić information content (AvgIpc) is 2.39. The fraction of sp³-hybridized carbons (Fsp3) is 0.0625. The van der Waals surface area contributed by atoms with Crippen molar-refractivity contribution in [2.45, 2.75) is 6.92 Å². The van der Waals surface area contributed by atoms with Gasteiger partial charge < -0.3 is 9.84 Å². The van der Waals surface area contributed by atoms with Crippen LogP contribution in [0.15, 0.2) is 53.0 Å². The third kappa shape index (κ3) is 3.96. The smallest absolute Gasteiger partial charge is 0.328 e. The van der Waals surface area contributed by atoms with Crippen LogP contribution in [-0.4, -0.2) is 11.1 Å². The van der Waals surface area contributed by atoms with Gasteiger partial charge in [0.25, 0.3) is 0 Å². The van der Waals surface area contributed by atoms with E-state index in [1.807, 2.05) is 37.3 Å². The van der Waals surface area contributed by atoms with Crippen LogP contribution in [-0.2, 0) is 4.79 Å². The second kappa shape index (κ2) is 6.39. The summed E-state index contributed by atoms with van der Waals surface area (Å²) in [4.78, 5) is 10.5. The highest BCUT2D eigenvalue weighted by Crippen LogP contribution is 2.31. The molecule has 0 atom stereocenters. The lowest BCUT2D eigenvalue weighted by Crippen LogP contribution is -1.88. The van der Waals surface area contributed by atoms with Gasteiger partial charge in [0.2, 0.25) is 0 Å². The maximum absolute atomic E-state index is 10.5. The van der Waals surface area contributed by atoms with Crippen LogP contribution in [0.4, 0.5) is 0 Å². The molecule has 2 aromatic carbocycles. The van der Waals surface area contributed by atoms with Gasteiger partial charge in [-0.05, 0) is 64.3 Å². The van der Waals surface area contributed by atoms with Crippen molar-refractivity contribution in [3.8, 4) is 11.5 Å². The summed E-state index contributed by atoms with van der Waals surface area (Å²) in [6, 6.07) is 13.2.